The molecule has 3 N–H and O–H groups in total. The average Bonchev–Trinajstić information content (AvgIpc) is 2.50. The van der Waals surface area contributed by atoms with Crippen molar-refractivity contribution in [2.75, 3.05) is 5.32 Å². The highest BCUT2D eigenvalue weighted by Crippen LogP contribution is 2.34. The molecule has 0 spiro atoms. The molecule has 0 aliphatic carbocycles. The van der Waals surface area contributed by atoms with Gasteiger partial charge in [-0.3, -0.25) is 9.59 Å². The van der Waals surface area contributed by atoms with Crippen LogP contribution in [0.15, 0.2) is 30.3 Å². The van der Waals surface area contributed by atoms with E-state index in [-0.39, 0.29) is 21.3 Å². The standard InChI is InChI=1S/C16H12Cl2F2N2O2/c1-7(21)16(24)22-11-6-5-8(17)14(18)13(11)15(23)12-9(19)3-2-4-10(12)20/h2-7H,21H2,1H3,(H,22,24)/t7-/m0/s1. The van der Waals surface area contributed by atoms with Crippen LogP contribution in [0.25, 0.3) is 0 Å². The van der Waals surface area contributed by atoms with Crippen molar-refractivity contribution in [1.82, 2.24) is 0 Å². The summed E-state index contributed by atoms with van der Waals surface area (Å²) in [6, 6.07) is 4.78. The van der Waals surface area contributed by atoms with Gasteiger partial charge in [-0.25, -0.2) is 8.78 Å². The Morgan fingerprint density at radius 3 is 2.21 bits per heavy atom. The molecule has 0 unspecified atom stereocenters. The molecule has 0 aromatic heterocycles. The summed E-state index contributed by atoms with van der Waals surface area (Å²) in [6.45, 7) is 1.44. The molecule has 2 aromatic rings. The molecule has 0 aliphatic heterocycles. The number of benzene rings is 2. The number of carbonyl (C=O) groups excluding carboxylic acids is 2. The number of rotatable bonds is 4. The van der Waals surface area contributed by atoms with E-state index < -0.39 is 34.9 Å². The maximum atomic E-state index is 13.9. The van der Waals surface area contributed by atoms with Gasteiger partial charge in [-0.15, -0.1) is 0 Å². The molecule has 2 rings (SSSR count). The Balaban J connectivity index is 2.62. The number of ketones is 1. The fraction of sp³-hybridized carbons (Fsp3) is 0.125. The minimum atomic E-state index is -1.06. The highest BCUT2D eigenvalue weighted by molar-refractivity contribution is 6.45. The van der Waals surface area contributed by atoms with Crippen LogP contribution < -0.4 is 11.1 Å². The van der Waals surface area contributed by atoms with Crippen LogP contribution in [0.5, 0.6) is 0 Å². The van der Waals surface area contributed by atoms with Crippen LogP contribution in [0, 0.1) is 11.6 Å². The van der Waals surface area contributed by atoms with Crippen LogP contribution in [0.4, 0.5) is 14.5 Å². The van der Waals surface area contributed by atoms with Gasteiger partial charge in [0.25, 0.3) is 0 Å². The fourth-order valence-electron chi connectivity index (χ4n) is 1.96. The van der Waals surface area contributed by atoms with Gasteiger partial charge < -0.3 is 11.1 Å². The molecule has 8 heteroatoms. The summed E-state index contributed by atoms with van der Waals surface area (Å²) in [5.41, 5.74) is 4.31. The molecule has 0 saturated heterocycles. The third kappa shape index (κ3) is 3.56. The van der Waals surface area contributed by atoms with Crippen molar-refractivity contribution in [2.45, 2.75) is 13.0 Å². The zero-order valence-electron chi connectivity index (χ0n) is 12.4. The first-order valence-electron chi connectivity index (χ1n) is 6.77. The normalized spacial score (nSPS) is 11.9. The van der Waals surface area contributed by atoms with Crippen molar-refractivity contribution in [2.24, 2.45) is 5.73 Å². The molecule has 0 aliphatic rings. The monoisotopic (exact) mass is 372 g/mol. The number of amides is 1. The molecule has 1 atom stereocenters. The van der Waals surface area contributed by atoms with E-state index in [0.717, 1.165) is 18.2 Å². The van der Waals surface area contributed by atoms with Crippen molar-refractivity contribution in [3.8, 4) is 0 Å². The average molecular weight is 373 g/mol. The lowest BCUT2D eigenvalue weighted by Crippen LogP contribution is -2.33. The van der Waals surface area contributed by atoms with Crippen LogP contribution in [0.3, 0.4) is 0 Å². The van der Waals surface area contributed by atoms with Gasteiger partial charge in [0.2, 0.25) is 11.7 Å². The van der Waals surface area contributed by atoms with E-state index in [1.165, 1.54) is 19.1 Å². The third-order valence-corrected chi connectivity index (χ3v) is 3.99. The molecule has 0 radical (unpaired) electrons. The highest BCUT2D eigenvalue weighted by atomic mass is 35.5. The molecular formula is C16H12Cl2F2N2O2. The molecule has 0 bridgehead atoms. The predicted octanol–water partition coefficient (Wildman–Crippen LogP) is 3.79. The van der Waals surface area contributed by atoms with E-state index in [9.17, 15) is 18.4 Å². The maximum Gasteiger partial charge on any atom is 0.241 e. The first kappa shape index (κ1) is 18.3. The zero-order valence-corrected chi connectivity index (χ0v) is 13.9. The van der Waals surface area contributed by atoms with Gasteiger partial charge in [-0.1, -0.05) is 29.3 Å². The van der Waals surface area contributed by atoms with E-state index >= 15 is 0 Å². The summed E-state index contributed by atoms with van der Waals surface area (Å²) in [4.78, 5) is 24.4. The molecule has 0 heterocycles. The van der Waals surface area contributed by atoms with E-state index in [4.69, 9.17) is 28.9 Å². The first-order valence-corrected chi connectivity index (χ1v) is 7.52. The second kappa shape index (κ2) is 7.25. The van der Waals surface area contributed by atoms with Crippen molar-refractivity contribution in [3.63, 3.8) is 0 Å². The molecule has 0 fully saturated rings. The molecule has 24 heavy (non-hydrogen) atoms. The van der Waals surface area contributed by atoms with Crippen molar-refractivity contribution in [3.05, 3.63) is 63.1 Å². The topological polar surface area (TPSA) is 72.2 Å². The summed E-state index contributed by atoms with van der Waals surface area (Å²) in [5.74, 6) is -3.75. The molecular weight excluding hydrogens is 361 g/mol. The summed E-state index contributed by atoms with van der Waals surface area (Å²) in [5, 5.41) is 2.16. The molecule has 4 nitrogen and oxygen atoms in total. The lowest BCUT2D eigenvalue weighted by molar-refractivity contribution is -0.117. The second-order valence-corrected chi connectivity index (χ2v) is 5.77. The molecule has 2 aromatic carbocycles. The third-order valence-electron chi connectivity index (χ3n) is 3.18. The van der Waals surface area contributed by atoms with Crippen LogP contribution >= 0.6 is 23.2 Å². The Bertz CT molecular complexity index is 806. The van der Waals surface area contributed by atoms with Crippen LogP contribution in [0.1, 0.15) is 22.8 Å². The minimum absolute atomic E-state index is 0.00411. The molecule has 0 saturated carbocycles. The number of nitrogens with one attached hydrogen (secondary N) is 1. The molecule has 1 amide bonds. The smallest absolute Gasteiger partial charge is 0.241 e. The Labute approximate surface area is 146 Å². The Hall–Kier alpha value is -2.02. The lowest BCUT2D eigenvalue weighted by atomic mass is 10.00. The quantitative estimate of drug-likeness (QED) is 0.801. The van der Waals surface area contributed by atoms with Gasteiger partial charge >= 0.3 is 0 Å². The van der Waals surface area contributed by atoms with Gasteiger partial charge in [0.1, 0.15) is 11.6 Å². The van der Waals surface area contributed by atoms with Gasteiger partial charge in [0, 0.05) is 0 Å². The summed E-state index contributed by atoms with van der Waals surface area (Å²) in [6.07, 6.45) is 0. The van der Waals surface area contributed by atoms with Crippen LogP contribution in [0.2, 0.25) is 10.0 Å². The molecule has 126 valence electrons. The summed E-state index contributed by atoms with van der Waals surface area (Å²) in [7, 11) is 0. The van der Waals surface area contributed by atoms with Gasteiger partial charge in [-0.2, -0.15) is 0 Å². The lowest BCUT2D eigenvalue weighted by Gasteiger charge is -2.15. The number of halogens is 4. The number of anilines is 1. The van der Waals surface area contributed by atoms with Gasteiger partial charge in [0.05, 0.1) is 32.9 Å². The minimum Gasteiger partial charge on any atom is -0.324 e. The Morgan fingerprint density at radius 2 is 1.67 bits per heavy atom. The van der Waals surface area contributed by atoms with Crippen LogP contribution in [-0.2, 0) is 4.79 Å². The number of carbonyl (C=O) groups is 2. The van der Waals surface area contributed by atoms with E-state index in [1.54, 1.807) is 0 Å². The van der Waals surface area contributed by atoms with E-state index in [0.29, 0.717) is 0 Å². The number of hydrogen-bond donors (Lipinski definition) is 2. The first-order chi connectivity index (χ1) is 11.2. The van der Waals surface area contributed by atoms with Crippen LogP contribution in [-0.4, -0.2) is 17.7 Å². The second-order valence-electron chi connectivity index (χ2n) is 4.99. The predicted molar refractivity (Wildman–Crippen MR) is 88.5 cm³/mol. The van der Waals surface area contributed by atoms with E-state index in [1.807, 2.05) is 0 Å². The summed E-state index contributed by atoms with van der Waals surface area (Å²) < 4.78 is 27.8. The van der Waals surface area contributed by atoms with Gasteiger partial charge in [-0.05, 0) is 31.2 Å². The number of nitrogens with two attached hydrogens (primary N) is 1. The van der Waals surface area contributed by atoms with Gasteiger partial charge in [0.15, 0.2) is 0 Å². The SMILES string of the molecule is C[C@H](N)C(=O)Nc1ccc(Cl)c(Cl)c1C(=O)c1c(F)cccc1F. The highest BCUT2D eigenvalue weighted by Gasteiger charge is 2.26. The van der Waals surface area contributed by atoms with Crippen molar-refractivity contribution >= 4 is 40.6 Å². The van der Waals surface area contributed by atoms with Crippen molar-refractivity contribution in [1.29, 1.82) is 0 Å². The fourth-order valence-corrected chi connectivity index (χ4v) is 2.37. The van der Waals surface area contributed by atoms with Crippen molar-refractivity contribution < 1.29 is 18.4 Å². The summed E-state index contributed by atoms with van der Waals surface area (Å²) >= 11 is 11.9. The Kier molecular flexibility index (Phi) is 5.54. The zero-order chi connectivity index (χ0) is 18.0. The number of hydrogen-bond acceptors (Lipinski definition) is 3. The largest absolute Gasteiger partial charge is 0.324 e. The Morgan fingerprint density at radius 1 is 1.08 bits per heavy atom. The van der Waals surface area contributed by atoms with E-state index in [2.05, 4.69) is 5.32 Å². The maximum absolute atomic E-state index is 13.9.